The van der Waals surface area contributed by atoms with Gasteiger partial charge in [-0.25, -0.2) is 0 Å². The Morgan fingerprint density at radius 2 is 2.18 bits per heavy atom. The normalized spacial score (nSPS) is 10.0. The van der Waals surface area contributed by atoms with Crippen LogP contribution in [0.1, 0.15) is 13.3 Å². The molecule has 0 aliphatic heterocycles. The molecular formula is C11H16N2O4. The third-order valence-corrected chi connectivity index (χ3v) is 2.05. The molecule has 0 bridgehead atoms. The van der Waals surface area contributed by atoms with Gasteiger partial charge in [0, 0.05) is 12.1 Å². The summed E-state index contributed by atoms with van der Waals surface area (Å²) in [5.74, 6) is 0.773. The predicted octanol–water partition coefficient (Wildman–Crippen LogP) is 1.72. The monoisotopic (exact) mass is 240 g/mol. The zero-order valence-electron chi connectivity index (χ0n) is 9.72. The van der Waals surface area contributed by atoms with Gasteiger partial charge in [0.15, 0.2) is 0 Å². The van der Waals surface area contributed by atoms with Crippen molar-refractivity contribution < 1.29 is 14.4 Å². The van der Waals surface area contributed by atoms with Crippen molar-refractivity contribution in [3.8, 4) is 11.5 Å². The molecule has 1 aromatic rings. The molecule has 0 unspecified atom stereocenters. The maximum Gasteiger partial charge on any atom is 0.311 e. The smallest absolute Gasteiger partial charge is 0.311 e. The zero-order chi connectivity index (χ0) is 12.7. The third-order valence-electron chi connectivity index (χ3n) is 2.05. The van der Waals surface area contributed by atoms with Crippen molar-refractivity contribution in [1.29, 1.82) is 0 Å². The van der Waals surface area contributed by atoms with Crippen molar-refractivity contribution in [2.24, 2.45) is 5.73 Å². The van der Waals surface area contributed by atoms with E-state index in [1.165, 1.54) is 12.1 Å². The molecule has 6 heteroatoms. The van der Waals surface area contributed by atoms with Crippen LogP contribution in [0.2, 0.25) is 0 Å². The van der Waals surface area contributed by atoms with E-state index in [4.69, 9.17) is 15.2 Å². The number of benzene rings is 1. The summed E-state index contributed by atoms with van der Waals surface area (Å²) < 4.78 is 10.6. The SMILES string of the molecule is CCOc1cc(OCCCN)ccc1[N+](=O)[O-]. The predicted molar refractivity (Wildman–Crippen MR) is 63.4 cm³/mol. The topological polar surface area (TPSA) is 87.6 Å². The zero-order valence-corrected chi connectivity index (χ0v) is 9.72. The lowest BCUT2D eigenvalue weighted by Crippen LogP contribution is -2.06. The molecule has 0 aliphatic carbocycles. The van der Waals surface area contributed by atoms with Crippen LogP contribution in [0.3, 0.4) is 0 Å². The standard InChI is InChI=1S/C11H16N2O4/c1-2-16-11-8-9(17-7-3-6-12)4-5-10(11)13(14)15/h4-5,8H,2-3,6-7,12H2,1H3. The number of nitrogens with two attached hydrogens (primary N) is 1. The molecule has 0 saturated carbocycles. The summed E-state index contributed by atoms with van der Waals surface area (Å²) in [6.07, 6.45) is 0.737. The van der Waals surface area contributed by atoms with E-state index in [1.54, 1.807) is 13.0 Å². The van der Waals surface area contributed by atoms with Gasteiger partial charge in [-0.3, -0.25) is 10.1 Å². The minimum atomic E-state index is -0.478. The van der Waals surface area contributed by atoms with Crippen molar-refractivity contribution in [3.05, 3.63) is 28.3 Å². The molecule has 0 atom stereocenters. The Morgan fingerprint density at radius 3 is 2.76 bits per heavy atom. The van der Waals surface area contributed by atoms with Crippen molar-refractivity contribution in [2.45, 2.75) is 13.3 Å². The van der Waals surface area contributed by atoms with Gasteiger partial charge in [-0.05, 0) is 26.0 Å². The third kappa shape index (κ3) is 3.92. The number of nitrogens with zero attached hydrogens (tertiary/aromatic N) is 1. The highest BCUT2D eigenvalue weighted by atomic mass is 16.6. The summed E-state index contributed by atoms with van der Waals surface area (Å²) >= 11 is 0. The van der Waals surface area contributed by atoms with Gasteiger partial charge < -0.3 is 15.2 Å². The average Bonchev–Trinajstić information content (AvgIpc) is 2.30. The molecule has 6 nitrogen and oxygen atoms in total. The Balaban J connectivity index is 2.81. The number of nitro groups is 1. The van der Waals surface area contributed by atoms with E-state index < -0.39 is 4.92 Å². The highest BCUT2D eigenvalue weighted by molar-refractivity contribution is 5.50. The van der Waals surface area contributed by atoms with Crippen molar-refractivity contribution in [3.63, 3.8) is 0 Å². The minimum absolute atomic E-state index is 0.0574. The Kier molecular flexibility index (Phi) is 5.22. The van der Waals surface area contributed by atoms with E-state index in [2.05, 4.69) is 0 Å². The summed E-state index contributed by atoms with van der Waals surface area (Å²) in [5.41, 5.74) is 5.28. The van der Waals surface area contributed by atoms with Gasteiger partial charge in [-0.2, -0.15) is 0 Å². The summed E-state index contributed by atoms with van der Waals surface area (Å²) in [6, 6.07) is 4.46. The van der Waals surface area contributed by atoms with Gasteiger partial charge in [0.25, 0.3) is 0 Å². The lowest BCUT2D eigenvalue weighted by molar-refractivity contribution is -0.385. The van der Waals surface area contributed by atoms with Crippen LogP contribution < -0.4 is 15.2 Å². The van der Waals surface area contributed by atoms with Gasteiger partial charge in [-0.15, -0.1) is 0 Å². The fourth-order valence-electron chi connectivity index (χ4n) is 1.28. The molecule has 0 saturated heterocycles. The number of hydrogen-bond acceptors (Lipinski definition) is 5. The van der Waals surface area contributed by atoms with Gasteiger partial charge in [0.1, 0.15) is 5.75 Å². The van der Waals surface area contributed by atoms with Crippen LogP contribution >= 0.6 is 0 Å². The summed E-state index contributed by atoms with van der Waals surface area (Å²) in [7, 11) is 0. The Morgan fingerprint density at radius 1 is 1.41 bits per heavy atom. The number of ether oxygens (including phenoxy) is 2. The lowest BCUT2D eigenvalue weighted by Gasteiger charge is -2.08. The van der Waals surface area contributed by atoms with Gasteiger partial charge in [0.2, 0.25) is 5.75 Å². The molecule has 0 fully saturated rings. The highest BCUT2D eigenvalue weighted by Gasteiger charge is 2.15. The maximum absolute atomic E-state index is 10.7. The molecule has 2 N–H and O–H groups in total. The Hall–Kier alpha value is -1.82. The molecular weight excluding hydrogens is 224 g/mol. The number of hydrogen-bond donors (Lipinski definition) is 1. The minimum Gasteiger partial charge on any atom is -0.493 e. The van der Waals surface area contributed by atoms with Gasteiger partial charge in [0.05, 0.1) is 18.1 Å². The molecule has 1 aromatic carbocycles. The first-order valence-electron chi connectivity index (χ1n) is 5.43. The molecule has 17 heavy (non-hydrogen) atoms. The summed E-state index contributed by atoms with van der Waals surface area (Å²) in [4.78, 5) is 10.3. The summed E-state index contributed by atoms with van der Waals surface area (Å²) in [6.45, 7) is 3.17. The fourth-order valence-corrected chi connectivity index (χ4v) is 1.28. The second-order valence-electron chi connectivity index (χ2n) is 3.31. The van der Waals surface area contributed by atoms with E-state index in [0.717, 1.165) is 6.42 Å². The van der Waals surface area contributed by atoms with Crippen LogP contribution in [0.4, 0.5) is 5.69 Å². The Labute approximate surface area is 99.5 Å². The quantitative estimate of drug-likeness (QED) is 0.445. The second kappa shape index (κ2) is 6.70. The largest absolute Gasteiger partial charge is 0.493 e. The number of nitro benzene ring substituents is 1. The van der Waals surface area contributed by atoms with Crippen LogP contribution in [0, 0.1) is 10.1 Å². The lowest BCUT2D eigenvalue weighted by atomic mass is 10.3. The molecule has 0 radical (unpaired) electrons. The van der Waals surface area contributed by atoms with Crippen molar-refractivity contribution in [1.82, 2.24) is 0 Å². The van der Waals surface area contributed by atoms with Crippen LogP contribution in [-0.2, 0) is 0 Å². The van der Waals surface area contributed by atoms with Crippen LogP contribution in [0.25, 0.3) is 0 Å². The fraction of sp³-hybridized carbons (Fsp3) is 0.455. The molecule has 0 aromatic heterocycles. The first-order chi connectivity index (χ1) is 8.19. The molecule has 94 valence electrons. The molecule has 0 amide bonds. The first kappa shape index (κ1) is 13.2. The van der Waals surface area contributed by atoms with Crippen LogP contribution in [0.5, 0.6) is 11.5 Å². The maximum atomic E-state index is 10.7. The van der Waals surface area contributed by atoms with E-state index in [1.807, 2.05) is 0 Å². The van der Waals surface area contributed by atoms with Gasteiger partial charge >= 0.3 is 5.69 Å². The van der Waals surface area contributed by atoms with Crippen LogP contribution in [-0.4, -0.2) is 24.7 Å². The summed E-state index contributed by atoms with van der Waals surface area (Å²) in [5, 5.41) is 10.7. The number of rotatable bonds is 7. The molecule has 0 aliphatic rings. The van der Waals surface area contributed by atoms with Crippen LogP contribution in [0.15, 0.2) is 18.2 Å². The van der Waals surface area contributed by atoms with Crippen molar-refractivity contribution in [2.75, 3.05) is 19.8 Å². The second-order valence-corrected chi connectivity index (χ2v) is 3.31. The van der Waals surface area contributed by atoms with E-state index >= 15 is 0 Å². The van der Waals surface area contributed by atoms with E-state index in [-0.39, 0.29) is 11.4 Å². The molecule has 0 heterocycles. The first-order valence-corrected chi connectivity index (χ1v) is 5.43. The molecule has 1 rings (SSSR count). The van der Waals surface area contributed by atoms with E-state index in [9.17, 15) is 10.1 Å². The van der Waals surface area contributed by atoms with Crippen molar-refractivity contribution >= 4 is 5.69 Å². The molecule has 0 spiro atoms. The van der Waals surface area contributed by atoms with E-state index in [0.29, 0.717) is 25.5 Å². The Bertz CT molecular complexity index is 382. The van der Waals surface area contributed by atoms with Gasteiger partial charge in [-0.1, -0.05) is 0 Å². The highest BCUT2D eigenvalue weighted by Crippen LogP contribution is 2.31. The average molecular weight is 240 g/mol.